The maximum absolute atomic E-state index is 13.5. The van der Waals surface area contributed by atoms with Crippen LogP contribution < -0.4 is 5.56 Å². The molecule has 1 unspecified atom stereocenters. The fourth-order valence-electron chi connectivity index (χ4n) is 3.90. The standard InChI is InChI=1S/C25H29N3O2/c1-4-5-16-27(24(29)19-12-13-19)18(3)23-26-22-9-7-6-8-21(22)25(30)28(23)20-14-10-17(2)11-15-20/h6-11,14-15,18-19H,4-5,12-13,16H2,1-3H3. The van der Waals surface area contributed by atoms with Gasteiger partial charge < -0.3 is 4.90 Å². The topological polar surface area (TPSA) is 55.2 Å². The second kappa shape index (κ2) is 8.42. The number of hydrogen-bond acceptors (Lipinski definition) is 3. The number of aryl methyl sites for hydroxylation is 1. The zero-order valence-electron chi connectivity index (χ0n) is 18.0. The van der Waals surface area contributed by atoms with Crippen molar-refractivity contribution in [3.8, 4) is 5.69 Å². The molecule has 0 aliphatic heterocycles. The van der Waals surface area contributed by atoms with Crippen molar-refractivity contribution in [2.24, 2.45) is 5.92 Å². The van der Waals surface area contributed by atoms with E-state index in [9.17, 15) is 9.59 Å². The summed E-state index contributed by atoms with van der Waals surface area (Å²) in [5.74, 6) is 0.936. The third-order valence-electron chi connectivity index (χ3n) is 5.90. The van der Waals surface area contributed by atoms with E-state index in [1.807, 2.05) is 67.3 Å². The molecule has 0 radical (unpaired) electrons. The molecule has 0 saturated heterocycles. The molecule has 0 N–H and O–H groups in total. The van der Waals surface area contributed by atoms with Crippen molar-refractivity contribution in [2.75, 3.05) is 6.54 Å². The van der Waals surface area contributed by atoms with Crippen LogP contribution in [0.15, 0.2) is 53.3 Å². The molecular formula is C25H29N3O2. The van der Waals surface area contributed by atoms with Gasteiger partial charge in [0.05, 0.1) is 22.6 Å². The molecule has 1 fully saturated rings. The van der Waals surface area contributed by atoms with Gasteiger partial charge in [0.15, 0.2) is 0 Å². The molecule has 5 nitrogen and oxygen atoms in total. The molecule has 1 aliphatic rings. The summed E-state index contributed by atoms with van der Waals surface area (Å²) in [5, 5.41) is 0.586. The minimum atomic E-state index is -0.289. The number of carbonyl (C=O) groups is 1. The van der Waals surface area contributed by atoms with Crippen molar-refractivity contribution in [3.63, 3.8) is 0 Å². The SMILES string of the molecule is CCCCN(C(=O)C1CC1)C(C)c1nc2ccccc2c(=O)n1-c1ccc(C)cc1. The largest absolute Gasteiger partial charge is 0.333 e. The number of unbranched alkanes of at least 4 members (excludes halogenated alkanes) is 1. The van der Waals surface area contributed by atoms with Gasteiger partial charge in [0.1, 0.15) is 5.82 Å². The number of nitrogens with zero attached hydrogens (tertiary/aromatic N) is 3. The summed E-state index contributed by atoms with van der Waals surface area (Å²) in [5.41, 5.74) is 2.48. The Morgan fingerprint density at radius 3 is 2.53 bits per heavy atom. The Morgan fingerprint density at radius 2 is 1.87 bits per heavy atom. The van der Waals surface area contributed by atoms with E-state index < -0.39 is 0 Å². The van der Waals surface area contributed by atoms with Gasteiger partial charge in [-0.15, -0.1) is 0 Å². The van der Waals surface area contributed by atoms with Crippen LogP contribution in [0, 0.1) is 12.8 Å². The van der Waals surface area contributed by atoms with Crippen LogP contribution in [0.3, 0.4) is 0 Å². The third-order valence-corrected chi connectivity index (χ3v) is 5.90. The minimum absolute atomic E-state index is 0.0967. The van der Waals surface area contributed by atoms with Gasteiger partial charge in [-0.2, -0.15) is 0 Å². The quantitative estimate of drug-likeness (QED) is 0.570. The van der Waals surface area contributed by atoms with Gasteiger partial charge in [-0.1, -0.05) is 43.2 Å². The Balaban J connectivity index is 1.89. The van der Waals surface area contributed by atoms with E-state index in [1.165, 1.54) is 0 Å². The lowest BCUT2D eigenvalue weighted by molar-refractivity contribution is -0.135. The van der Waals surface area contributed by atoms with Crippen LogP contribution in [0.1, 0.15) is 57.0 Å². The fraction of sp³-hybridized carbons (Fsp3) is 0.400. The van der Waals surface area contributed by atoms with E-state index >= 15 is 0 Å². The zero-order chi connectivity index (χ0) is 21.3. The van der Waals surface area contributed by atoms with Crippen LogP contribution >= 0.6 is 0 Å². The first-order valence-electron chi connectivity index (χ1n) is 10.9. The Bertz CT molecular complexity index is 1110. The van der Waals surface area contributed by atoms with Gasteiger partial charge in [0.2, 0.25) is 5.91 Å². The summed E-state index contributed by atoms with van der Waals surface area (Å²) in [4.78, 5) is 33.4. The number of fused-ring (bicyclic) bond motifs is 1. The summed E-state index contributed by atoms with van der Waals surface area (Å²) in [7, 11) is 0. The molecule has 4 rings (SSSR count). The maximum atomic E-state index is 13.5. The van der Waals surface area contributed by atoms with Crippen molar-refractivity contribution in [3.05, 3.63) is 70.3 Å². The van der Waals surface area contributed by atoms with Crippen LogP contribution in [0.2, 0.25) is 0 Å². The summed E-state index contributed by atoms with van der Waals surface area (Å²) in [6.07, 6.45) is 3.87. The number of carbonyl (C=O) groups excluding carboxylic acids is 1. The van der Waals surface area contributed by atoms with Crippen LogP contribution in [0.25, 0.3) is 16.6 Å². The molecule has 5 heteroatoms. The van der Waals surface area contributed by atoms with Crippen LogP contribution in [-0.4, -0.2) is 26.9 Å². The summed E-state index contributed by atoms with van der Waals surface area (Å²) in [6.45, 7) is 6.83. The van der Waals surface area contributed by atoms with Crippen LogP contribution in [0.5, 0.6) is 0 Å². The molecule has 1 aliphatic carbocycles. The average molecular weight is 404 g/mol. The summed E-state index contributed by atoms with van der Waals surface area (Å²) < 4.78 is 1.69. The molecule has 3 aromatic rings. The molecule has 2 aromatic carbocycles. The number of hydrogen-bond donors (Lipinski definition) is 0. The van der Waals surface area contributed by atoms with Crippen molar-refractivity contribution >= 4 is 16.8 Å². The first-order valence-corrected chi connectivity index (χ1v) is 10.9. The molecule has 1 heterocycles. The van der Waals surface area contributed by atoms with Gasteiger partial charge in [-0.3, -0.25) is 14.2 Å². The second-order valence-electron chi connectivity index (χ2n) is 8.30. The first kappa shape index (κ1) is 20.3. The highest BCUT2D eigenvalue weighted by Crippen LogP contribution is 2.34. The predicted octanol–water partition coefficient (Wildman–Crippen LogP) is 4.79. The second-order valence-corrected chi connectivity index (χ2v) is 8.30. The van der Waals surface area contributed by atoms with Crippen molar-refractivity contribution in [1.29, 1.82) is 0 Å². The highest BCUT2D eigenvalue weighted by atomic mass is 16.2. The fourth-order valence-corrected chi connectivity index (χ4v) is 3.90. The Hall–Kier alpha value is -2.95. The summed E-state index contributed by atoms with van der Waals surface area (Å²) in [6, 6.07) is 15.0. The number of rotatable bonds is 7. The van der Waals surface area contributed by atoms with Crippen molar-refractivity contribution in [1.82, 2.24) is 14.5 Å². The van der Waals surface area contributed by atoms with Crippen LogP contribution in [0.4, 0.5) is 0 Å². The van der Waals surface area contributed by atoms with Crippen LogP contribution in [-0.2, 0) is 4.79 Å². The zero-order valence-corrected chi connectivity index (χ0v) is 18.0. The number of para-hydroxylation sites is 1. The molecular weight excluding hydrogens is 374 g/mol. The van der Waals surface area contributed by atoms with Gasteiger partial charge in [0.25, 0.3) is 5.56 Å². The lowest BCUT2D eigenvalue weighted by Crippen LogP contribution is -2.38. The molecule has 1 aromatic heterocycles. The molecule has 1 amide bonds. The Labute approximate surface area is 177 Å². The normalized spacial score (nSPS) is 14.6. The van der Waals surface area contributed by atoms with Gasteiger partial charge in [-0.05, 0) is 57.4 Å². The molecule has 156 valence electrons. The number of benzene rings is 2. The van der Waals surface area contributed by atoms with E-state index in [0.717, 1.165) is 36.9 Å². The van der Waals surface area contributed by atoms with Gasteiger partial charge >= 0.3 is 0 Å². The molecule has 30 heavy (non-hydrogen) atoms. The molecule has 0 spiro atoms. The van der Waals surface area contributed by atoms with Crippen molar-refractivity contribution in [2.45, 2.75) is 52.5 Å². The first-order chi connectivity index (χ1) is 14.5. The molecule has 1 atom stereocenters. The summed E-state index contributed by atoms with van der Waals surface area (Å²) >= 11 is 0. The average Bonchev–Trinajstić information content (AvgIpc) is 3.60. The number of aromatic nitrogens is 2. The highest BCUT2D eigenvalue weighted by Gasteiger charge is 2.36. The maximum Gasteiger partial charge on any atom is 0.266 e. The third kappa shape index (κ3) is 3.89. The van der Waals surface area contributed by atoms with E-state index in [4.69, 9.17) is 4.98 Å². The smallest absolute Gasteiger partial charge is 0.266 e. The Morgan fingerprint density at radius 1 is 1.17 bits per heavy atom. The van der Waals surface area contributed by atoms with Gasteiger partial charge in [-0.25, -0.2) is 4.98 Å². The van der Waals surface area contributed by atoms with Crippen molar-refractivity contribution < 1.29 is 4.79 Å². The van der Waals surface area contributed by atoms with E-state index in [-0.39, 0.29) is 23.4 Å². The predicted molar refractivity (Wildman–Crippen MR) is 120 cm³/mol. The minimum Gasteiger partial charge on any atom is -0.333 e. The van der Waals surface area contributed by atoms with E-state index in [2.05, 4.69) is 6.92 Å². The van der Waals surface area contributed by atoms with Gasteiger partial charge in [0, 0.05) is 12.5 Å². The monoisotopic (exact) mass is 403 g/mol. The lowest BCUT2D eigenvalue weighted by atomic mass is 10.1. The lowest BCUT2D eigenvalue weighted by Gasteiger charge is -2.30. The number of amides is 1. The van der Waals surface area contributed by atoms with E-state index in [1.54, 1.807) is 4.57 Å². The van der Waals surface area contributed by atoms with E-state index in [0.29, 0.717) is 23.3 Å². The molecule has 1 saturated carbocycles. The highest BCUT2D eigenvalue weighted by molar-refractivity contribution is 5.82. The molecule has 0 bridgehead atoms. The Kier molecular flexibility index (Phi) is 5.71.